The fourth-order valence-corrected chi connectivity index (χ4v) is 7.19. The van der Waals surface area contributed by atoms with E-state index in [9.17, 15) is 18.0 Å². The van der Waals surface area contributed by atoms with Crippen LogP contribution in [0.4, 0.5) is 5.69 Å². The van der Waals surface area contributed by atoms with Crippen LogP contribution in [0.15, 0.2) is 60.7 Å². The molecule has 1 saturated heterocycles. The van der Waals surface area contributed by atoms with Gasteiger partial charge in [0.2, 0.25) is 15.9 Å². The molecule has 0 bridgehead atoms. The van der Waals surface area contributed by atoms with Gasteiger partial charge >= 0.3 is 0 Å². The number of rotatable bonds is 11. The number of para-hydroxylation sites is 1. The molecule has 1 aliphatic rings. The molecular weight excluding hydrogens is 601 g/mol. The van der Waals surface area contributed by atoms with Gasteiger partial charge in [-0.2, -0.15) is 0 Å². The topological polar surface area (TPSA) is 114 Å². The molecule has 2 amide bonds. The maximum absolute atomic E-state index is 13.3. The maximum Gasteiger partial charge on any atom is 0.253 e. The van der Waals surface area contributed by atoms with E-state index < -0.39 is 15.9 Å². The van der Waals surface area contributed by atoms with Crippen molar-refractivity contribution in [1.29, 1.82) is 0 Å². The third kappa shape index (κ3) is 7.74. The van der Waals surface area contributed by atoms with Crippen LogP contribution in [0.2, 0.25) is 10.0 Å². The molecule has 0 saturated carbocycles. The van der Waals surface area contributed by atoms with Crippen molar-refractivity contribution < 1.29 is 27.5 Å². The minimum atomic E-state index is -3.78. The second kappa shape index (κ2) is 14.2. The summed E-state index contributed by atoms with van der Waals surface area (Å²) in [5.74, 6) is -0.398. The van der Waals surface area contributed by atoms with E-state index in [1.807, 2.05) is 18.2 Å². The summed E-state index contributed by atoms with van der Waals surface area (Å²) < 4.78 is 38.3. The highest BCUT2D eigenvalue weighted by molar-refractivity contribution is 7.88. The van der Waals surface area contributed by atoms with Crippen LogP contribution in [-0.4, -0.2) is 58.4 Å². The lowest BCUT2D eigenvalue weighted by atomic mass is 9.98. The van der Waals surface area contributed by atoms with Crippen LogP contribution in [0, 0.1) is 5.92 Å². The number of nitrogens with one attached hydrogen (secondary N) is 2. The second-order valence-electron chi connectivity index (χ2n) is 9.88. The Kier molecular flexibility index (Phi) is 10.7. The molecule has 3 aromatic rings. The first kappa shape index (κ1) is 31.6. The minimum absolute atomic E-state index is 0.0237. The van der Waals surface area contributed by atoms with Crippen molar-refractivity contribution in [3.63, 3.8) is 0 Å². The van der Waals surface area contributed by atoms with Crippen molar-refractivity contribution in [2.75, 3.05) is 39.2 Å². The van der Waals surface area contributed by atoms with Gasteiger partial charge in [-0.25, -0.2) is 12.7 Å². The van der Waals surface area contributed by atoms with E-state index in [1.54, 1.807) is 56.7 Å². The number of carbonyl (C=O) groups excluding carboxylic acids is 2. The van der Waals surface area contributed by atoms with Crippen LogP contribution in [-0.2, 0) is 27.0 Å². The van der Waals surface area contributed by atoms with E-state index in [2.05, 4.69) is 10.6 Å². The molecule has 4 rings (SSSR count). The standard InChI is InChI=1S/C30H33Cl2N3O6S/c1-40-27-13-12-20(17-28(27)41-2)14-15-33-30(37)22-8-3-4-11-26(22)34-29(36)21-7-6-16-35(18-21)42(38,39)19-23-24(31)9-5-10-25(23)32/h3-5,8-13,17,21H,6-7,14-16,18-19H2,1-2H3,(H,33,37)(H,34,36). The van der Waals surface area contributed by atoms with Crippen LogP contribution in [0.5, 0.6) is 11.5 Å². The third-order valence-electron chi connectivity index (χ3n) is 7.11. The van der Waals surface area contributed by atoms with Gasteiger partial charge < -0.3 is 20.1 Å². The zero-order valence-corrected chi connectivity index (χ0v) is 25.7. The Labute approximate surface area is 256 Å². The van der Waals surface area contributed by atoms with Gasteiger partial charge in [-0.15, -0.1) is 0 Å². The van der Waals surface area contributed by atoms with Gasteiger partial charge in [0.15, 0.2) is 11.5 Å². The molecule has 1 unspecified atom stereocenters. The molecule has 0 radical (unpaired) electrons. The van der Waals surface area contributed by atoms with Crippen molar-refractivity contribution in [2.24, 2.45) is 5.92 Å². The van der Waals surface area contributed by atoms with Gasteiger partial charge in [0.1, 0.15) is 0 Å². The van der Waals surface area contributed by atoms with Gasteiger partial charge in [-0.05, 0) is 61.2 Å². The molecule has 1 fully saturated rings. The Morgan fingerprint density at radius 2 is 1.69 bits per heavy atom. The van der Waals surface area contributed by atoms with E-state index in [0.29, 0.717) is 60.7 Å². The van der Waals surface area contributed by atoms with E-state index in [0.717, 1.165) is 5.56 Å². The Morgan fingerprint density at radius 3 is 2.40 bits per heavy atom. The van der Waals surface area contributed by atoms with E-state index in [-0.39, 0.29) is 34.2 Å². The molecule has 224 valence electrons. The highest BCUT2D eigenvalue weighted by atomic mass is 35.5. The molecule has 2 N–H and O–H groups in total. The lowest BCUT2D eigenvalue weighted by Crippen LogP contribution is -2.44. The predicted molar refractivity (Wildman–Crippen MR) is 164 cm³/mol. The molecule has 0 aliphatic carbocycles. The zero-order chi connectivity index (χ0) is 30.3. The molecule has 42 heavy (non-hydrogen) atoms. The van der Waals surface area contributed by atoms with Crippen LogP contribution >= 0.6 is 23.2 Å². The molecule has 12 heteroatoms. The van der Waals surface area contributed by atoms with Crippen LogP contribution in [0.3, 0.4) is 0 Å². The molecule has 3 aromatic carbocycles. The Hall–Kier alpha value is -3.31. The largest absolute Gasteiger partial charge is 0.493 e. The SMILES string of the molecule is COc1ccc(CCNC(=O)c2ccccc2NC(=O)C2CCCN(S(=O)(=O)Cc3c(Cl)cccc3Cl)C2)cc1OC. The number of ether oxygens (including phenoxy) is 2. The predicted octanol–water partition coefficient (Wildman–Crippen LogP) is 5.16. The van der Waals surface area contributed by atoms with Gasteiger partial charge in [0, 0.05) is 35.2 Å². The van der Waals surface area contributed by atoms with Crippen LogP contribution < -0.4 is 20.1 Å². The molecule has 0 spiro atoms. The number of hydrogen-bond donors (Lipinski definition) is 2. The fraction of sp³-hybridized carbons (Fsp3) is 0.333. The summed E-state index contributed by atoms with van der Waals surface area (Å²) in [4.78, 5) is 26.3. The first-order valence-corrected chi connectivity index (χ1v) is 15.8. The van der Waals surface area contributed by atoms with Crippen LogP contribution in [0.25, 0.3) is 0 Å². The summed E-state index contributed by atoms with van der Waals surface area (Å²) in [6.07, 6.45) is 1.60. The zero-order valence-electron chi connectivity index (χ0n) is 23.4. The molecule has 9 nitrogen and oxygen atoms in total. The lowest BCUT2D eigenvalue weighted by molar-refractivity contribution is -0.120. The summed E-state index contributed by atoms with van der Waals surface area (Å²) in [6, 6.07) is 17.1. The third-order valence-corrected chi connectivity index (χ3v) is 9.59. The maximum atomic E-state index is 13.3. The van der Waals surface area contributed by atoms with Crippen molar-refractivity contribution in [3.8, 4) is 11.5 Å². The highest BCUT2D eigenvalue weighted by Gasteiger charge is 2.33. The van der Waals surface area contributed by atoms with E-state index in [4.69, 9.17) is 32.7 Å². The lowest BCUT2D eigenvalue weighted by Gasteiger charge is -2.31. The highest BCUT2D eigenvalue weighted by Crippen LogP contribution is 2.30. The van der Waals surface area contributed by atoms with E-state index >= 15 is 0 Å². The quantitative estimate of drug-likeness (QED) is 0.301. The summed E-state index contributed by atoms with van der Waals surface area (Å²) >= 11 is 12.4. The van der Waals surface area contributed by atoms with Gasteiger partial charge in [-0.3, -0.25) is 9.59 Å². The number of sulfonamides is 1. The van der Waals surface area contributed by atoms with Crippen molar-refractivity contribution >= 4 is 50.7 Å². The van der Waals surface area contributed by atoms with Crippen molar-refractivity contribution in [3.05, 3.63) is 87.4 Å². The first-order chi connectivity index (χ1) is 20.1. The van der Waals surface area contributed by atoms with Gasteiger partial charge in [-0.1, -0.05) is 47.5 Å². The number of amides is 2. The monoisotopic (exact) mass is 633 g/mol. The fourth-order valence-electron chi connectivity index (χ4n) is 4.83. The Balaban J connectivity index is 1.37. The van der Waals surface area contributed by atoms with Gasteiger partial charge in [0.25, 0.3) is 5.91 Å². The number of nitrogens with zero attached hydrogens (tertiary/aromatic N) is 1. The second-order valence-corrected chi connectivity index (χ2v) is 12.7. The number of piperidine rings is 1. The summed E-state index contributed by atoms with van der Waals surface area (Å²) in [5.41, 5.74) is 1.96. The number of hydrogen-bond acceptors (Lipinski definition) is 6. The number of halogens is 2. The minimum Gasteiger partial charge on any atom is -0.493 e. The summed E-state index contributed by atoms with van der Waals surface area (Å²) in [5, 5.41) is 6.29. The Morgan fingerprint density at radius 1 is 0.976 bits per heavy atom. The van der Waals surface area contributed by atoms with Gasteiger partial charge in [0.05, 0.1) is 37.1 Å². The average molecular weight is 635 g/mol. The summed E-state index contributed by atoms with van der Waals surface area (Å²) in [7, 11) is -0.645. The first-order valence-electron chi connectivity index (χ1n) is 13.4. The van der Waals surface area contributed by atoms with E-state index in [1.165, 1.54) is 4.31 Å². The average Bonchev–Trinajstić information content (AvgIpc) is 2.99. The van der Waals surface area contributed by atoms with Crippen LogP contribution in [0.1, 0.15) is 34.3 Å². The molecule has 1 atom stereocenters. The molecule has 0 aromatic heterocycles. The molecular formula is C30H33Cl2N3O6S. The van der Waals surface area contributed by atoms with Crippen molar-refractivity contribution in [1.82, 2.24) is 9.62 Å². The van der Waals surface area contributed by atoms with Crippen molar-refractivity contribution in [2.45, 2.75) is 25.0 Å². The number of benzene rings is 3. The summed E-state index contributed by atoms with van der Waals surface area (Å²) in [6.45, 7) is 0.685. The number of carbonyl (C=O) groups is 2. The smallest absolute Gasteiger partial charge is 0.253 e. The number of methoxy groups -OCH3 is 2. The molecule has 1 aliphatic heterocycles. The normalized spacial score (nSPS) is 15.6. The Bertz CT molecular complexity index is 1530. The number of anilines is 1. The molecule has 1 heterocycles.